The average Bonchev–Trinajstić information content (AvgIpc) is 3.12. The first-order chi connectivity index (χ1) is 22.7. The van der Waals surface area contributed by atoms with Gasteiger partial charge in [0.25, 0.3) is 0 Å². The van der Waals surface area contributed by atoms with Crippen molar-refractivity contribution >= 4 is 0 Å². The van der Waals surface area contributed by atoms with E-state index >= 15 is 17.6 Å². The van der Waals surface area contributed by atoms with Crippen LogP contribution in [0.1, 0.15) is 142 Å². The van der Waals surface area contributed by atoms with Crippen molar-refractivity contribution in [2.45, 2.75) is 154 Å². The Bertz CT molecular complexity index is 1070. The molecule has 0 aromatic heterocycles. The van der Waals surface area contributed by atoms with Gasteiger partial charge in [0.1, 0.15) is 11.7 Å². The molecule has 4 fully saturated rings. The molecule has 0 N–H and O–H groups in total. The van der Waals surface area contributed by atoms with E-state index in [4.69, 9.17) is 4.74 Å². The van der Waals surface area contributed by atoms with Crippen molar-refractivity contribution in [1.29, 1.82) is 0 Å². The largest absolute Gasteiger partial charge is 0.380 e. The molecule has 0 bridgehead atoms. The zero-order valence-electron chi connectivity index (χ0n) is 29.4. The maximum atomic E-state index is 17.1. The smallest absolute Gasteiger partial charge is 0.185 e. The Labute approximate surface area is 283 Å². The van der Waals surface area contributed by atoms with Gasteiger partial charge >= 0.3 is 0 Å². The van der Waals surface area contributed by atoms with Gasteiger partial charge in [0.05, 0.1) is 13.2 Å². The molecule has 4 atom stereocenters. The van der Waals surface area contributed by atoms with Crippen LogP contribution in [-0.4, -0.2) is 24.6 Å². The molecule has 0 unspecified atom stereocenters. The lowest BCUT2D eigenvalue weighted by Crippen LogP contribution is -2.52. The van der Waals surface area contributed by atoms with Gasteiger partial charge in [0.2, 0.25) is 0 Å². The lowest BCUT2D eigenvalue weighted by molar-refractivity contribution is -0.0588. The van der Waals surface area contributed by atoms with Crippen LogP contribution in [0.25, 0.3) is 0 Å². The number of ether oxygens (including phenoxy) is 1. The van der Waals surface area contributed by atoms with Crippen LogP contribution < -0.4 is 0 Å². The van der Waals surface area contributed by atoms with E-state index in [0.717, 1.165) is 116 Å². The lowest BCUT2D eigenvalue weighted by Gasteiger charge is -2.53. The summed E-state index contributed by atoms with van der Waals surface area (Å²) in [5.74, 6) is -0.180. The summed E-state index contributed by atoms with van der Waals surface area (Å²) in [6.07, 6.45) is 29.4. The number of hydrogen-bond donors (Lipinski definition) is 0. The van der Waals surface area contributed by atoms with Crippen molar-refractivity contribution in [2.24, 2.45) is 46.3 Å². The fraction of sp³-hybridized carbons (Fsp3) is 0.810. The predicted octanol–water partition coefficient (Wildman–Crippen LogP) is 12.8. The van der Waals surface area contributed by atoms with Gasteiger partial charge in [-0.1, -0.05) is 103 Å². The standard InChI is InChI=1S/C42H62F4O/c1-3-31-11-15-35(16-12-31)39(21-7-5-8-22-39)41(45)25-19-33(27-37(41)43)29-47-30-34-20-26-42(46,38(44)28-34)40(23-9-6-10-24-40)36-17-13-32(4-2)14-18-36/h19-20,25-28,31-36H,3-18,21-24,29-30H2,1-2H3/t31-,32-,33-,34-,35-,36-,41-,42-/m1/s1. The Hall–Kier alpha value is -1.36. The second kappa shape index (κ2) is 14.9. The summed E-state index contributed by atoms with van der Waals surface area (Å²) >= 11 is 0. The summed E-state index contributed by atoms with van der Waals surface area (Å²) in [5, 5.41) is 0. The highest BCUT2D eigenvalue weighted by Gasteiger charge is 2.60. The molecule has 4 saturated carbocycles. The molecule has 0 spiro atoms. The monoisotopic (exact) mass is 658 g/mol. The van der Waals surface area contributed by atoms with Crippen molar-refractivity contribution in [2.75, 3.05) is 13.2 Å². The number of allylic oxidation sites excluding steroid dienone is 4. The third-order valence-corrected chi connectivity index (χ3v) is 14.5. The molecule has 0 aromatic carbocycles. The molecular formula is C42H62F4O. The Balaban J connectivity index is 1.08. The van der Waals surface area contributed by atoms with Gasteiger partial charge in [-0.15, -0.1) is 0 Å². The van der Waals surface area contributed by atoms with E-state index in [1.54, 1.807) is 12.2 Å². The highest BCUT2D eigenvalue weighted by molar-refractivity contribution is 5.35. The highest BCUT2D eigenvalue weighted by atomic mass is 19.2. The molecule has 6 aliphatic carbocycles. The Morgan fingerprint density at radius 2 is 0.936 bits per heavy atom. The predicted molar refractivity (Wildman–Crippen MR) is 185 cm³/mol. The molecule has 0 aromatic rings. The van der Waals surface area contributed by atoms with Crippen molar-refractivity contribution in [3.05, 3.63) is 48.1 Å². The molecule has 5 heteroatoms. The number of hydrogen-bond acceptors (Lipinski definition) is 1. The fourth-order valence-electron chi connectivity index (χ4n) is 11.5. The zero-order chi connectivity index (χ0) is 33.1. The van der Waals surface area contributed by atoms with Crippen LogP contribution in [0, 0.1) is 46.3 Å². The van der Waals surface area contributed by atoms with Gasteiger partial charge in [0, 0.05) is 22.7 Å². The summed E-state index contributed by atoms with van der Waals surface area (Å²) in [6, 6.07) is 0. The van der Waals surface area contributed by atoms with E-state index in [1.807, 2.05) is 0 Å². The van der Waals surface area contributed by atoms with Gasteiger partial charge in [-0.25, -0.2) is 17.6 Å². The van der Waals surface area contributed by atoms with Crippen LogP contribution in [0.15, 0.2) is 48.1 Å². The van der Waals surface area contributed by atoms with E-state index in [-0.39, 0.29) is 36.9 Å². The maximum absolute atomic E-state index is 17.1. The molecule has 0 heterocycles. The van der Waals surface area contributed by atoms with Gasteiger partial charge in [-0.2, -0.15) is 0 Å². The summed E-state index contributed by atoms with van der Waals surface area (Å²) in [4.78, 5) is 0. The molecule has 0 aliphatic heterocycles. The molecule has 47 heavy (non-hydrogen) atoms. The van der Waals surface area contributed by atoms with Crippen LogP contribution in [0.2, 0.25) is 0 Å². The van der Waals surface area contributed by atoms with Gasteiger partial charge in [0.15, 0.2) is 11.3 Å². The van der Waals surface area contributed by atoms with E-state index in [9.17, 15) is 0 Å². The summed E-state index contributed by atoms with van der Waals surface area (Å²) in [6.45, 7) is 4.87. The Kier molecular flexibility index (Phi) is 11.2. The second-order valence-corrected chi connectivity index (χ2v) is 16.7. The minimum atomic E-state index is -2.05. The zero-order valence-corrected chi connectivity index (χ0v) is 29.4. The van der Waals surface area contributed by atoms with Crippen LogP contribution in [0.5, 0.6) is 0 Å². The normalized spacial score (nSPS) is 40.5. The van der Waals surface area contributed by atoms with Crippen molar-refractivity contribution in [3.63, 3.8) is 0 Å². The molecule has 264 valence electrons. The van der Waals surface area contributed by atoms with E-state index in [0.29, 0.717) is 11.8 Å². The summed E-state index contributed by atoms with van der Waals surface area (Å²) in [5.41, 5.74) is -5.43. The number of rotatable bonds is 10. The molecule has 0 radical (unpaired) electrons. The van der Waals surface area contributed by atoms with Crippen LogP contribution in [0.4, 0.5) is 17.6 Å². The molecule has 1 nitrogen and oxygen atoms in total. The Morgan fingerprint density at radius 3 is 1.26 bits per heavy atom. The average molecular weight is 659 g/mol. The van der Waals surface area contributed by atoms with Crippen molar-refractivity contribution in [3.8, 4) is 0 Å². The third-order valence-electron chi connectivity index (χ3n) is 14.5. The van der Waals surface area contributed by atoms with E-state index in [2.05, 4.69) is 13.8 Å². The third kappa shape index (κ3) is 6.63. The molecule has 6 rings (SSSR count). The van der Waals surface area contributed by atoms with Crippen molar-refractivity contribution < 1.29 is 22.3 Å². The minimum Gasteiger partial charge on any atom is -0.380 e. The quantitative estimate of drug-likeness (QED) is 0.168. The number of alkyl halides is 2. The summed E-state index contributed by atoms with van der Waals surface area (Å²) < 4.78 is 72.1. The topological polar surface area (TPSA) is 9.23 Å². The lowest BCUT2D eigenvalue weighted by atomic mass is 9.53. The van der Waals surface area contributed by atoms with E-state index in [1.165, 1.54) is 37.1 Å². The maximum Gasteiger partial charge on any atom is 0.185 e. The first-order valence-corrected chi connectivity index (χ1v) is 19.8. The van der Waals surface area contributed by atoms with Crippen LogP contribution in [0.3, 0.4) is 0 Å². The summed E-state index contributed by atoms with van der Waals surface area (Å²) in [7, 11) is 0. The highest BCUT2D eigenvalue weighted by Crippen LogP contribution is 2.62. The Morgan fingerprint density at radius 1 is 0.574 bits per heavy atom. The minimum absolute atomic E-state index is 0.194. The van der Waals surface area contributed by atoms with Crippen molar-refractivity contribution in [1.82, 2.24) is 0 Å². The van der Waals surface area contributed by atoms with Gasteiger partial charge in [-0.3, -0.25) is 0 Å². The molecule has 0 saturated heterocycles. The van der Waals surface area contributed by atoms with E-state index < -0.39 is 33.8 Å². The van der Waals surface area contributed by atoms with Gasteiger partial charge < -0.3 is 4.74 Å². The SMILES string of the molecule is CC[C@H]1CC[C@H](C2([C@@]3(F)C=C[C@@H](COC[C@@H]4C=C[C@](F)(C5([C@H]6CC[C@H](CC)CC6)CCCCC5)C(F)=C4)C=C3F)CCCCC2)CC1. The van der Waals surface area contributed by atoms with Gasteiger partial charge in [-0.05, 0) is 99.3 Å². The van der Waals surface area contributed by atoms with Crippen LogP contribution in [-0.2, 0) is 4.74 Å². The number of halogens is 4. The second-order valence-electron chi connectivity index (χ2n) is 16.7. The molecular weight excluding hydrogens is 596 g/mol. The van der Waals surface area contributed by atoms with Crippen LogP contribution >= 0.6 is 0 Å². The first-order valence-electron chi connectivity index (χ1n) is 19.8. The molecule has 0 amide bonds. The molecule has 6 aliphatic rings. The fourth-order valence-corrected chi connectivity index (χ4v) is 11.5. The first kappa shape index (κ1) is 35.5.